The Labute approximate surface area is 257 Å². The molecular weight excluding hydrogens is 614 g/mol. The van der Waals surface area contributed by atoms with Gasteiger partial charge in [0.05, 0.1) is 27.9 Å². The topological polar surface area (TPSA) is 74.8 Å². The summed E-state index contributed by atoms with van der Waals surface area (Å²) in [6, 6.07) is 17.4. The van der Waals surface area contributed by atoms with Crippen LogP contribution in [0.2, 0.25) is 0 Å². The van der Waals surface area contributed by atoms with Crippen LogP contribution in [0.25, 0.3) is 0 Å². The van der Waals surface area contributed by atoms with Crippen LogP contribution in [0.5, 0.6) is 0 Å². The lowest BCUT2D eigenvalue weighted by molar-refractivity contribution is -0.288. The highest BCUT2D eigenvalue weighted by Crippen LogP contribution is 2.57. The fraction of sp³-hybridized carbons (Fsp3) is 0.176. The molecule has 0 spiro atoms. The number of rotatable bonds is 5. The molecule has 0 aromatic heterocycles. The molecule has 6 nitrogen and oxygen atoms in total. The Morgan fingerprint density at radius 1 is 0.543 bits per heavy atom. The van der Waals surface area contributed by atoms with Gasteiger partial charge in [0.2, 0.25) is 5.41 Å². The first kappa shape index (κ1) is 30.8. The first-order chi connectivity index (χ1) is 21.6. The van der Waals surface area contributed by atoms with Crippen LogP contribution in [0, 0.1) is 6.92 Å². The Morgan fingerprint density at radius 2 is 0.957 bits per heavy atom. The summed E-state index contributed by atoms with van der Waals surface area (Å²) in [5.74, 6) is -3.94. The number of nitrogens with zero attached hydrogens (tertiary/aromatic N) is 2. The predicted octanol–water partition coefficient (Wildman–Crippen LogP) is 7.02. The molecule has 0 aliphatic carbocycles. The number of benzene rings is 4. The lowest BCUT2D eigenvalue weighted by Crippen LogP contribution is -2.55. The minimum Gasteiger partial charge on any atom is -0.277 e. The van der Waals surface area contributed by atoms with Crippen molar-refractivity contribution in [3.05, 3.63) is 135 Å². The smallest absolute Gasteiger partial charge is 0.277 e. The van der Waals surface area contributed by atoms with E-state index < -0.39 is 63.7 Å². The summed E-state index contributed by atoms with van der Waals surface area (Å²) in [5.41, 5.74) is -6.42. The molecule has 46 heavy (non-hydrogen) atoms. The number of aryl methyl sites for hydroxylation is 1. The maximum atomic E-state index is 14.9. The average molecular weight is 637 g/mol. The molecular formula is C34H22F6N2O4. The number of anilines is 1. The molecule has 0 N–H and O–H groups in total. The maximum absolute atomic E-state index is 14.9. The van der Waals surface area contributed by atoms with Crippen LogP contribution in [0.4, 0.5) is 32.0 Å². The van der Waals surface area contributed by atoms with Gasteiger partial charge in [-0.1, -0.05) is 54.1 Å². The quantitative estimate of drug-likeness (QED) is 0.174. The second kappa shape index (κ2) is 10.4. The zero-order valence-corrected chi connectivity index (χ0v) is 24.1. The van der Waals surface area contributed by atoms with Crippen molar-refractivity contribution in [1.29, 1.82) is 0 Å². The van der Waals surface area contributed by atoms with Crippen LogP contribution in [0.15, 0.2) is 84.9 Å². The number of carbonyl (C=O) groups excluding carboxylic acids is 4. The van der Waals surface area contributed by atoms with Crippen molar-refractivity contribution in [2.45, 2.75) is 31.1 Å². The molecule has 2 aliphatic heterocycles. The number of fused-ring (bicyclic) bond motifs is 2. The van der Waals surface area contributed by atoms with Crippen LogP contribution in [0.1, 0.15) is 69.2 Å². The Kier molecular flexibility index (Phi) is 6.95. The second-order valence-electron chi connectivity index (χ2n) is 11.2. The van der Waals surface area contributed by atoms with Gasteiger partial charge < -0.3 is 0 Å². The maximum Gasteiger partial charge on any atom is 0.411 e. The van der Waals surface area contributed by atoms with Crippen molar-refractivity contribution in [2.75, 3.05) is 11.9 Å². The van der Waals surface area contributed by atoms with E-state index in [1.54, 1.807) is 12.1 Å². The minimum atomic E-state index is -6.04. The van der Waals surface area contributed by atoms with Gasteiger partial charge in [0.25, 0.3) is 23.6 Å². The minimum absolute atomic E-state index is 0.0873. The van der Waals surface area contributed by atoms with Crippen molar-refractivity contribution in [3.8, 4) is 0 Å². The van der Waals surface area contributed by atoms with Crippen LogP contribution in [0.3, 0.4) is 0 Å². The molecule has 0 saturated carbocycles. The second-order valence-corrected chi connectivity index (χ2v) is 11.2. The summed E-state index contributed by atoms with van der Waals surface area (Å²) in [5, 5.41) is 0. The summed E-state index contributed by atoms with van der Waals surface area (Å²) in [6.45, 7) is 1.95. The number of hydrogen-bond donors (Lipinski definition) is 0. The van der Waals surface area contributed by atoms with E-state index in [1.165, 1.54) is 12.1 Å². The van der Waals surface area contributed by atoms with Gasteiger partial charge in [0.15, 0.2) is 0 Å². The lowest BCUT2D eigenvalue weighted by Gasteiger charge is -2.38. The van der Waals surface area contributed by atoms with Crippen molar-refractivity contribution in [1.82, 2.24) is 4.90 Å². The predicted molar refractivity (Wildman–Crippen MR) is 154 cm³/mol. The molecule has 0 unspecified atom stereocenters. The summed E-state index contributed by atoms with van der Waals surface area (Å²) < 4.78 is 89.3. The van der Waals surface area contributed by atoms with E-state index in [0.717, 1.165) is 35.9 Å². The molecule has 0 saturated heterocycles. The fourth-order valence-electron chi connectivity index (χ4n) is 5.99. The number of amides is 4. The molecule has 2 heterocycles. The number of halogens is 6. The van der Waals surface area contributed by atoms with Crippen LogP contribution >= 0.6 is 0 Å². The highest BCUT2D eigenvalue weighted by Gasteiger charge is 2.73. The number of carbonyl (C=O) groups is 4. The molecule has 2 aliphatic rings. The summed E-state index contributed by atoms with van der Waals surface area (Å²) in [6.07, 6.45) is -11.5. The number of alkyl halides is 6. The van der Waals surface area contributed by atoms with Gasteiger partial charge in [0, 0.05) is 7.05 Å². The van der Waals surface area contributed by atoms with Crippen molar-refractivity contribution in [3.63, 3.8) is 0 Å². The molecule has 4 amide bonds. The van der Waals surface area contributed by atoms with Gasteiger partial charge >= 0.3 is 12.4 Å². The first-order valence-corrected chi connectivity index (χ1v) is 13.8. The van der Waals surface area contributed by atoms with E-state index in [-0.39, 0.29) is 16.8 Å². The van der Waals surface area contributed by atoms with Crippen LogP contribution in [-0.2, 0) is 11.8 Å². The van der Waals surface area contributed by atoms with E-state index in [4.69, 9.17) is 0 Å². The normalized spacial score (nSPS) is 15.1. The Bertz CT molecular complexity index is 1930. The zero-order chi connectivity index (χ0) is 33.3. The Morgan fingerprint density at radius 3 is 1.46 bits per heavy atom. The van der Waals surface area contributed by atoms with E-state index >= 15 is 0 Å². The van der Waals surface area contributed by atoms with E-state index in [1.807, 2.05) is 31.2 Å². The third kappa shape index (κ3) is 4.50. The van der Waals surface area contributed by atoms with Crippen molar-refractivity contribution >= 4 is 29.3 Å². The SMILES string of the molecule is Cc1ccc(Cc2ccc(N3C(=O)c4ccc(C(c5ccc6c(c5)C(=O)N(C)C6=O)(C(F)(F)F)C(F)(F)F)cc4C3=O)cc2)cc1. The van der Waals surface area contributed by atoms with Crippen LogP contribution < -0.4 is 4.90 Å². The highest BCUT2D eigenvalue weighted by molar-refractivity contribution is 6.34. The molecule has 0 bridgehead atoms. The van der Waals surface area contributed by atoms with Crippen molar-refractivity contribution in [2.24, 2.45) is 0 Å². The standard InChI is InChI=1S/C34H22F6N2O4/c1-18-3-5-19(6-4-18)15-20-7-11-23(12-8-20)42-30(45)25-14-10-22(17-27(25)31(42)46)32(33(35,36)37,34(38,39)40)21-9-13-24-26(16-21)29(44)41(2)28(24)43/h3-14,16-17H,15H2,1-2H3. The molecule has 6 rings (SSSR count). The third-order valence-electron chi connectivity index (χ3n) is 8.42. The summed E-state index contributed by atoms with van der Waals surface area (Å²) >= 11 is 0. The van der Waals surface area contributed by atoms with E-state index in [2.05, 4.69) is 0 Å². The molecule has 4 aromatic carbocycles. The summed E-state index contributed by atoms with van der Waals surface area (Å²) in [4.78, 5) is 52.8. The molecule has 234 valence electrons. The van der Waals surface area contributed by atoms with Gasteiger partial charge in [-0.25, -0.2) is 4.90 Å². The van der Waals surface area contributed by atoms with Gasteiger partial charge in [-0.15, -0.1) is 0 Å². The Balaban J connectivity index is 1.41. The van der Waals surface area contributed by atoms with Gasteiger partial charge in [-0.05, 0) is 72.0 Å². The van der Waals surface area contributed by atoms with Crippen LogP contribution in [-0.4, -0.2) is 47.9 Å². The number of imide groups is 2. The average Bonchev–Trinajstić information content (AvgIpc) is 3.37. The number of hydrogen-bond acceptors (Lipinski definition) is 4. The Hall–Kier alpha value is -5.26. The molecule has 0 radical (unpaired) electrons. The van der Waals surface area contributed by atoms with E-state index in [0.29, 0.717) is 40.5 Å². The third-order valence-corrected chi connectivity index (χ3v) is 8.42. The zero-order valence-electron chi connectivity index (χ0n) is 24.1. The van der Waals surface area contributed by atoms with Crippen molar-refractivity contribution < 1.29 is 45.5 Å². The van der Waals surface area contributed by atoms with Gasteiger partial charge in [0.1, 0.15) is 0 Å². The molecule has 0 fully saturated rings. The molecule has 0 atom stereocenters. The van der Waals surface area contributed by atoms with Gasteiger partial charge in [-0.2, -0.15) is 26.3 Å². The highest BCUT2D eigenvalue weighted by atomic mass is 19.4. The lowest BCUT2D eigenvalue weighted by atomic mass is 9.71. The molecule has 12 heteroatoms. The monoisotopic (exact) mass is 636 g/mol. The summed E-state index contributed by atoms with van der Waals surface area (Å²) in [7, 11) is 1.05. The fourth-order valence-corrected chi connectivity index (χ4v) is 5.99. The molecule has 4 aromatic rings. The van der Waals surface area contributed by atoms with Gasteiger partial charge in [-0.3, -0.25) is 24.1 Å². The largest absolute Gasteiger partial charge is 0.411 e. The first-order valence-electron chi connectivity index (χ1n) is 13.8. The van der Waals surface area contributed by atoms with E-state index in [9.17, 15) is 45.5 Å².